The second-order valence-corrected chi connectivity index (χ2v) is 6.01. The Hall–Kier alpha value is -1.56. The van der Waals surface area contributed by atoms with Crippen LogP contribution in [0, 0.1) is 18.8 Å². The van der Waals surface area contributed by atoms with Crippen molar-refractivity contribution >= 4 is 10.0 Å². The molecule has 1 aromatic rings. The lowest BCUT2D eigenvalue weighted by atomic mass is 10.1. The topological polar surface area (TPSA) is 72.2 Å². The first-order valence-corrected chi connectivity index (χ1v) is 7.50. The molecule has 0 atom stereocenters. The standard InChI is InChI=1S/C13H15F3N2O2S/c1-10-9-12(5-4-11(10)3-2-7-17)21(19,20)18-8-6-13(14,15)16/h4-5,9,18H,6-8,17H2,1H3. The van der Waals surface area contributed by atoms with Crippen LogP contribution >= 0.6 is 0 Å². The minimum Gasteiger partial charge on any atom is -0.320 e. The van der Waals surface area contributed by atoms with Crippen molar-refractivity contribution in [3.63, 3.8) is 0 Å². The Bertz CT molecular complexity index is 658. The van der Waals surface area contributed by atoms with Gasteiger partial charge in [-0.25, -0.2) is 13.1 Å². The van der Waals surface area contributed by atoms with Gasteiger partial charge in [-0.3, -0.25) is 0 Å². The molecule has 4 nitrogen and oxygen atoms in total. The summed E-state index contributed by atoms with van der Waals surface area (Å²) >= 11 is 0. The highest BCUT2D eigenvalue weighted by Crippen LogP contribution is 2.19. The van der Waals surface area contributed by atoms with E-state index in [9.17, 15) is 21.6 Å². The maximum absolute atomic E-state index is 12.0. The third-order valence-electron chi connectivity index (χ3n) is 2.53. The van der Waals surface area contributed by atoms with Gasteiger partial charge in [0.2, 0.25) is 10.0 Å². The monoisotopic (exact) mass is 320 g/mol. The highest BCUT2D eigenvalue weighted by molar-refractivity contribution is 7.89. The van der Waals surface area contributed by atoms with Gasteiger partial charge >= 0.3 is 6.18 Å². The Labute approximate surface area is 121 Å². The highest BCUT2D eigenvalue weighted by Gasteiger charge is 2.27. The number of alkyl halides is 3. The van der Waals surface area contributed by atoms with Crippen molar-refractivity contribution in [2.24, 2.45) is 5.73 Å². The number of hydrogen-bond acceptors (Lipinski definition) is 3. The summed E-state index contributed by atoms with van der Waals surface area (Å²) in [6.45, 7) is 1.15. The fraction of sp³-hybridized carbons (Fsp3) is 0.385. The van der Waals surface area contributed by atoms with E-state index < -0.39 is 29.2 Å². The largest absolute Gasteiger partial charge is 0.390 e. The number of hydrogen-bond donors (Lipinski definition) is 2. The van der Waals surface area contributed by atoms with Crippen molar-refractivity contribution in [2.45, 2.75) is 24.4 Å². The summed E-state index contributed by atoms with van der Waals surface area (Å²) in [6, 6.07) is 4.15. The van der Waals surface area contributed by atoms with Crippen molar-refractivity contribution < 1.29 is 21.6 Å². The third-order valence-corrected chi connectivity index (χ3v) is 3.99. The number of rotatable bonds is 4. The molecule has 8 heteroatoms. The minimum atomic E-state index is -4.40. The molecule has 0 fully saturated rings. The molecule has 0 saturated carbocycles. The highest BCUT2D eigenvalue weighted by atomic mass is 32.2. The van der Waals surface area contributed by atoms with Gasteiger partial charge in [0, 0.05) is 12.1 Å². The maximum atomic E-state index is 12.0. The van der Waals surface area contributed by atoms with Gasteiger partial charge in [0.25, 0.3) is 0 Å². The number of nitrogens with two attached hydrogens (primary N) is 1. The Morgan fingerprint density at radius 1 is 1.33 bits per heavy atom. The van der Waals surface area contributed by atoms with Crippen LogP contribution in [0.25, 0.3) is 0 Å². The number of sulfonamides is 1. The number of aryl methyl sites for hydroxylation is 1. The first-order chi connectivity index (χ1) is 9.65. The van der Waals surface area contributed by atoms with Crippen LogP contribution in [0.1, 0.15) is 17.5 Å². The van der Waals surface area contributed by atoms with E-state index in [0.29, 0.717) is 11.1 Å². The lowest BCUT2D eigenvalue weighted by Gasteiger charge is -2.09. The zero-order valence-electron chi connectivity index (χ0n) is 11.3. The van der Waals surface area contributed by atoms with Crippen LogP contribution in [0.15, 0.2) is 23.1 Å². The fourth-order valence-electron chi connectivity index (χ4n) is 1.50. The van der Waals surface area contributed by atoms with Crippen LogP contribution in [-0.4, -0.2) is 27.7 Å². The molecule has 0 bridgehead atoms. The summed E-state index contributed by atoms with van der Waals surface area (Å²) in [5, 5.41) is 0. The maximum Gasteiger partial charge on any atom is 0.390 e. The molecule has 3 N–H and O–H groups in total. The quantitative estimate of drug-likeness (QED) is 0.827. The van der Waals surface area contributed by atoms with Crippen molar-refractivity contribution in [2.75, 3.05) is 13.1 Å². The van der Waals surface area contributed by atoms with Crippen LogP contribution in [0.3, 0.4) is 0 Å². The number of nitrogens with one attached hydrogen (secondary N) is 1. The van der Waals surface area contributed by atoms with E-state index in [0.717, 1.165) is 0 Å². The van der Waals surface area contributed by atoms with Gasteiger partial charge in [0.1, 0.15) is 0 Å². The molecule has 0 aliphatic carbocycles. The van der Waals surface area contributed by atoms with E-state index in [2.05, 4.69) is 11.8 Å². The summed E-state index contributed by atoms with van der Waals surface area (Å²) in [4.78, 5) is -0.0968. The molecule has 0 aromatic heterocycles. The summed E-state index contributed by atoms with van der Waals surface area (Å²) < 4.78 is 61.7. The SMILES string of the molecule is Cc1cc(S(=O)(=O)NCCC(F)(F)F)ccc1C#CCN. The smallest absolute Gasteiger partial charge is 0.320 e. The van der Waals surface area contributed by atoms with Crippen LogP contribution in [0.5, 0.6) is 0 Å². The Morgan fingerprint density at radius 3 is 2.52 bits per heavy atom. The first-order valence-electron chi connectivity index (χ1n) is 6.02. The van der Waals surface area contributed by atoms with E-state index in [-0.39, 0.29) is 11.4 Å². The van der Waals surface area contributed by atoms with Crippen molar-refractivity contribution in [3.8, 4) is 11.8 Å². The van der Waals surface area contributed by atoms with Gasteiger partial charge in [0.15, 0.2) is 0 Å². The van der Waals surface area contributed by atoms with Gasteiger partial charge < -0.3 is 5.73 Å². The predicted molar refractivity (Wildman–Crippen MR) is 73.0 cm³/mol. The molecule has 1 aromatic carbocycles. The molecular weight excluding hydrogens is 305 g/mol. The summed E-state index contributed by atoms with van der Waals surface area (Å²) in [7, 11) is -3.97. The van der Waals surface area contributed by atoms with Crippen LogP contribution < -0.4 is 10.5 Å². The summed E-state index contributed by atoms with van der Waals surface area (Å²) in [5.74, 6) is 5.42. The number of benzene rings is 1. The van der Waals surface area contributed by atoms with E-state index in [1.807, 2.05) is 4.72 Å². The lowest BCUT2D eigenvalue weighted by molar-refractivity contribution is -0.132. The van der Waals surface area contributed by atoms with E-state index in [4.69, 9.17) is 5.73 Å². The Kier molecular flexibility index (Phi) is 5.78. The first kappa shape index (κ1) is 17.5. The van der Waals surface area contributed by atoms with Crippen molar-refractivity contribution in [3.05, 3.63) is 29.3 Å². The molecule has 0 spiro atoms. The molecular formula is C13H15F3N2O2S. The van der Waals surface area contributed by atoms with Crippen LogP contribution in [0.4, 0.5) is 13.2 Å². The summed E-state index contributed by atoms with van der Waals surface area (Å²) in [5.41, 5.74) is 6.47. The molecule has 0 amide bonds. The van der Waals surface area contributed by atoms with Crippen LogP contribution in [0.2, 0.25) is 0 Å². The van der Waals surface area contributed by atoms with Gasteiger partial charge in [-0.2, -0.15) is 13.2 Å². The Balaban J connectivity index is 2.87. The summed E-state index contributed by atoms with van der Waals surface area (Å²) in [6.07, 6.45) is -5.62. The van der Waals surface area contributed by atoms with Gasteiger partial charge in [-0.15, -0.1) is 0 Å². The van der Waals surface area contributed by atoms with Gasteiger partial charge in [0.05, 0.1) is 17.9 Å². The van der Waals surface area contributed by atoms with E-state index >= 15 is 0 Å². The van der Waals surface area contributed by atoms with Crippen molar-refractivity contribution in [1.82, 2.24) is 4.72 Å². The van der Waals surface area contributed by atoms with Crippen LogP contribution in [-0.2, 0) is 10.0 Å². The molecule has 0 heterocycles. The molecule has 116 valence electrons. The average Bonchev–Trinajstić information content (AvgIpc) is 2.35. The molecule has 0 saturated heterocycles. The normalized spacial score (nSPS) is 11.9. The fourth-order valence-corrected chi connectivity index (χ4v) is 2.62. The third kappa shape index (κ3) is 5.75. The minimum absolute atomic E-state index is 0.0968. The molecule has 0 aliphatic heterocycles. The van der Waals surface area contributed by atoms with Gasteiger partial charge in [-0.1, -0.05) is 11.8 Å². The molecule has 0 radical (unpaired) electrons. The van der Waals surface area contributed by atoms with Crippen molar-refractivity contribution in [1.29, 1.82) is 0 Å². The lowest BCUT2D eigenvalue weighted by Crippen LogP contribution is -2.28. The zero-order chi connectivity index (χ0) is 16.1. The number of halogens is 3. The molecule has 1 rings (SSSR count). The average molecular weight is 320 g/mol. The van der Waals surface area contributed by atoms with Gasteiger partial charge in [-0.05, 0) is 30.7 Å². The second-order valence-electron chi connectivity index (χ2n) is 4.25. The second kappa shape index (κ2) is 6.93. The van der Waals surface area contributed by atoms with E-state index in [1.54, 1.807) is 6.92 Å². The van der Waals surface area contributed by atoms with E-state index in [1.165, 1.54) is 18.2 Å². The zero-order valence-corrected chi connectivity index (χ0v) is 12.1. The molecule has 0 unspecified atom stereocenters. The Morgan fingerprint density at radius 2 is 2.00 bits per heavy atom. The molecule has 21 heavy (non-hydrogen) atoms. The predicted octanol–water partition coefficient (Wildman–Crippen LogP) is 1.54. The molecule has 0 aliphatic rings.